The third-order valence-electron chi connectivity index (χ3n) is 4.39. The van der Waals surface area contributed by atoms with Gasteiger partial charge in [0.1, 0.15) is 5.76 Å². The van der Waals surface area contributed by atoms with Crippen molar-refractivity contribution in [3.63, 3.8) is 0 Å². The Balaban J connectivity index is 1.96. The number of allylic oxidation sites excluding steroid dienone is 6. The number of nitrogens with two attached hydrogens (primary N) is 1. The molecule has 0 spiro atoms. The van der Waals surface area contributed by atoms with Crippen molar-refractivity contribution in [2.75, 3.05) is 6.54 Å². The highest BCUT2D eigenvalue weighted by Crippen LogP contribution is 2.50. The van der Waals surface area contributed by atoms with Crippen LogP contribution in [0, 0.1) is 0 Å². The lowest BCUT2D eigenvalue weighted by Gasteiger charge is -2.31. The van der Waals surface area contributed by atoms with Crippen LogP contribution in [-0.4, -0.2) is 22.1 Å². The molecule has 1 saturated heterocycles. The van der Waals surface area contributed by atoms with Gasteiger partial charge >= 0.3 is 0 Å². The molecule has 88 valence electrons. The molecule has 4 bridgehead atoms. The maximum atomic E-state index is 10.1. The highest BCUT2D eigenvalue weighted by Gasteiger charge is 2.49. The van der Waals surface area contributed by atoms with Crippen molar-refractivity contribution < 1.29 is 5.11 Å². The summed E-state index contributed by atoms with van der Waals surface area (Å²) in [7, 11) is 0. The fourth-order valence-electron chi connectivity index (χ4n) is 3.50. The number of hydrogen-bond acceptors (Lipinski definition) is 3. The molecular weight excluding hydrogens is 212 g/mol. The Bertz CT molecular complexity index is 538. The predicted molar refractivity (Wildman–Crippen MR) is 66.0 cm³/mol. The maximum Gasteiger partial charge on any atom is 0.116 e. The molecule has 4 aliphatic rings. The number of rotatable bonds is 0. The van der Waals surface area contributed by atoms with E-state index in [1.54, 1.807) is 0 Å². The average molecular weight is 228 g/mol. The summed E-state index contributed by atoms with van der Waals surface area (Å²) in [5.41, 5.74) is 11.0. The lowest BCUT2D eigenvalue weighted by atomic mass is 9.81. The average Bonchev–Trinajstić information content (AvgIpc) is 2.45. The molecule has 0 saturated carbocycles. The molecule has 0 radical (unpaired) electrons. The SMILES string of the molecule is NC12CCC(O)=C3C1=CC1=C(CCC=C1)N3C2. The molecule has 2 aliphatic heterocycles. The van der Waals surface area contributed by atoms with Crippen LogP contribution in [0.25, 0.3) is 0 Å². The van der Waals surface area contributed by atoms with Crippen molar-refractivity contribution in [2.24, 2.45) is 5.73 Å². The highest BCUT2D eigenvalue weighted by molar-refractivity contribution is 5.60. The fourth-order valence-corrected chi connectivity index (χ4v) is 3.50. The first-order chi connectivity index (χ1) is 8.19. The maximum absolute atomic E-state index is 10.1. The van der Waals surface area contributed by atoms with Gasteiger partial charge in [0.15, 0.2) is 0 Å². The number of nitrogens with zero attached hydrogens (tertiary/aromatic N) is 1. The Morgan fingerprint density at radius 3 is 3.12 bits per heavy atom. The van der Waals surface area contributed by atoms with Crippen LogP contribution in [-0.2, 0) is 0 Å². The van der Waals surface area contributed by atoms with Gasteiger partial charge in [0.25, 0.3) is 0 Å². The van der Waals surface area contributed by atoms with E-state index in [9.17, 15) is 5.11 Å². The molecular formula is C14H16N2O. The van der Waals surface area contributed by atoms with Crippen LogP contribution >= 0.6 is 0 Å². The molecule has 3 N–H and O–H groups in total. The number of aliphatic hydroxyl groups excluding tert-OH is 1. The summed E-state index contributed by atoms with van der Waals surface area (Å²) < 4.78 is 0. The molecule has 1 unspecified atom stereocenters. The monoisotopic (exact) mass is 228 g/mol. The van der Waals surface area contributed by atoms with Crippen molar-refractivity contribution in [2.45, 2.75) is 31.2 Å². The van der Waals surface area contributed by atoms with E-state index in [4.69, 9.17) is 5.73 Å². The van der Waals surface area contributed by atoms with Crippen LogP contribution in [0.2, 0.25) is 0 Å². The Kier molecular flexibility index (Phi) is 1.60. The number of fused-ring (bicyclic) bond motifs is 1. The first-order valence-corrected chi connectivity index (χ1v) is 6.30. The minimum atomic E-state index is -0.243. The van der Waals surface area contributed by atoms with E-state index in [1.807, 2.05) is 0 Å². The van der Waals surface area contributed by atoms with E-state index in [0.717, 1.165) is 43.5 Å². The van der Waals surface area contributed by atoms with E-state index < -0.39 is 0 Å². The van der Waals surface area contributed by atoms with Gasteiger partial charge in [0, 0.05) is 24.2 Å². The zero-order valence-electron chi connectivity index (χ0n) is 9.74. The van der Waals surface area contributed by atoms with Crippen LogP contribution in [0.5, 0.6) is 0 Å². The minimum absolute atomic E-state index is 0.243. The summed E-state index contributed by atoms with van der Waals surface area (Å²) >= 11 is 0. The zero-order chi connectivity index (χ0) is 11.6. The van der Waals surface area contributed by atoms with Crippen molar-refractivity contribution in [1.82, 2.24) is 4.90 Å². The van der Waals surface area contributed by atoms with Crippen LogP contribution in [0.1, 0.15) is 25.7 Å². The van der Waals surface area contributed by atoms with Crippen LogP contribution in [0.3, 0.4) is 0 Å². The van der Waals surface area contributed by atoms with Gasteiger partial charge in [-0.1, -0.05) is 12.2 Å². The molecule has 3 heteroatoms. The van der Waals surface area contributed by atoms with E-state index in [0.29, 0.717) is 5.76 Å². The van der Waals surface area contributed by atoms with Crippen LogP contribution < -0.4 is 5.73 Å². The fraction of sp³-hybridized carbons (Fsp3) is 0.429. The molecule has 0 amide bonds. The molecule has 3 nitrogen and oxygen atoms in total. The first-order valence-electron chi connectivity index (χ1n) is 6.30. The second kappa shape index (κ2) is 2.85. The smallest absolute Gasteiger partial charge is 0.116 e. The first kappa shape index (κ1) is 9.54. The molecule has 1 fully saturated rings. The summed E-state index contributed by atoms with van der Waals surface area (Å²) in [6, 6.07) is 0. The third-order valence-corrected chi connectivity index (χ3v) is 4.39. The topological polar surface area (TPSA) is 49.5 Å². The number of aliphatic hydroxyl groups is 1. The van der Waals surface area contributed by atoms with Crippen LogP contribution in [0.15, 0.2) is 46.5 Å². The summed E-state index contributed by atoms with van der Waals surface area (Å²) in [4.78, 5) is 2.26. The summed E-state index contributed by atoms with van der Waals surface area (Å²) in [5, 5.41) is 10.1. The van der Waals surface area contributed by atoms with Gasteiger partial charge in [-0.25, -0.2) is 0 Å². The molecule has 0 aromatic heterocycles. The van der Waals surface area contributed by atoms with Gasteiger partial charge in [-0.05, 0) is 30.9 Å². The molecule has 1 atom stereocenters. The molecule has 2 heterocycles. The predicted octanol–water partition coefficient (Wildman–Crippen LogP) is 2.11. The second-order valence-corrected chi connectivity index (χ2v) is 5.44. The normalized spacial score (nSPS) is 34.2. The van der Waals surface area contributed by atoms with Crippen molar-refractivity contribution in [3.05, 3.63) is 46.5 Å². The van der Waals surface area contributed by atoms with Crippen LogP contribution in [0.4, 0.5) is 0 Å². The van der Waals surface area contributed by atoms with Crippen molar-refractivity contribution in [3.8, 4) is 0 Å². The van der Waals surface area contributed by atoms with E-state index >= 15 is 0 Å². The quantitative estimate of drug-likeness (QED) is 0.667. The standard InChI is InChI=1S/C14H16N2O/c15-14-6-5-12(17)13-10(14)7-9-3-1-2-4-11(9)16(13)8-14/h1,3,7,17H,2,4-6,8,15H2. The number of hydrogen-bond donors (Lipinski definition) is 2. The second-order valence-electron chi connectivity index (χ2n) is 5.44. The van der Waals surface area contributed by atoms with Gasteiger partial charge < -0.3 is 15.7 Å². The molecule has 17 heavy (non-hydrogen) atoms. The highest BCUT2D eigenvalue weighted by atomic mass is 16.3. The molecule has 2 aliphatic carbocycles. The molecule has 0 aromatic rings. The summed E-state index contributed by atoms with van der Waals surface area (Å²) in [6.45, 7) is 0.838. The van der Waals surface area contributed by atoms with E-state index in [-0.39, 0.29) is 5.54 Å². The van der Waals surface area contributed by atoms with Crippen molar-refractivity contribution in [1.29, 1.82) is 0 Å². The van der Waals surface area contributed by atoms with E-state index in [2.05, 4.69) is 23.1 Å². The minimum Gasteiger partial charge on any atom is -0.510 e. The summed E-state index contributed by atoms with van der Waals surface area (Å²) in [5.74, 6) is 0.524. The van der Waals surface area contributed by atoms with Crippen molar-refractivity contribution >= 4 is 0 Å². The Labute approximate surface area is 101 Å². The summed E-state index contributed by atoms with van der Waals surface area (Å²) in [6.07, 6.45) is 10.3. The van der Waals surface area contributed by atoms with Gasteiger partial charge in [-0.2, -0.15) is 0 Å². The van der Waals surface area contributed by atoms with Gasteiger partial charge in [0.05, 0.1) is 11.2 Å². The van der Waals surface area contributed by atoms with E-state index in [1.165, 1.54) is 11.3 Å². The largest absolute Gasteiger partial charge is 0.510 e. The lowest BCUT2D eigenvalue weighted by Crippen LogP contribution is -2.43. The molecule has 0 aromatic carbocycles. The zero-order valence-corrected chi connectivity index (χ0v) is 9.74. The Morgan fingerprint density at radius 1 is 1.35 bits per heavy atom. The molecule has 4 rings (SSSR count). The lowest BCUT2D eigenvalue weighted by molar-refractivity contribution is 0.351. The van der Waals surface area contributed by atoms with Gasteiger partial charge in [-0.3, -0.25) is 0 Å². The van der Waals surface area contributed by atoms with Gasteiger partial charge in [-0.15, -0.1) is 0 Å². The Morgan fingerprint density at radius 2 is 2.24 bits per heavy atom. The third kappa shape index (κ3) is 1.05. The van der Waals surface area contributed by atoms with Gasteiger partial charge in [0.2, 0.25) is 0 Å². The Hall–Kier alpha value is -1.48.